The van der Waals surface area contributed by atoms with Crippen LogP contribution in [0.1, 0.15) is 13.8 Å². The molecule has 0 aromatic heterocycles. The molecule has 62 valence electrons. The van der Waals surface area contributed by atoms with Crippen molar-refractivity contribution in [1.29, 1.82) is 0 Å². The maximum atomic E-state index is 10.6. The summed E-state index contributed by atoms with van der Waals surface area (Å²) in [6, 6.07) is 0. The summed E-state index contributed by atoms with van der Waals surface area (Å²) in [4.78, 5) is 20.9. The first-order valence-corrected chi connectivity index (χ1v) is 3.36. The zero-order valence-corrected chi connectivity index (χ0v) is 6.96. The van der Waals surface area contributed by atoms with Crippen molar-refractivity contribution in [3.05, 3.63) is 11.6 Å². The Balaban J connectivity index is 4.35. The van der Waals surface area contributed by atoms with Gasteiger partial charge in [0.05, 0.1) is 7.11 Å². The Kier molecular flexibility index (Phi) is 4.18. The standard InChI is InChI=1S/C8H12O3/c1-6(2)7(5-9)4-8(10)11-3/h4-6H,1-3H3. The number of carbonyl (C=O) groups excluding carboxylic acids is 2. The number of aldehydes is 1. The van der Waals surface area contributed by atoms with E-state index in [1.54, 1.807) is 0 Å². The van der Waals surface area contributed by atoms with Gasteiger partial charge in [0, 0.05) is 11.6 Å². The first-order valence-electron chi connectivity index (χ1n) is 3.36. The molecule has 0 bridgehead atoms. The number of ether oxygens (including phenoxy) is 1. The molecule has 3 heteroatoms. The topological polar surface area (TPSA) is 43.4 Å². The second kappa shape index (κ2) is 4.66. The molecule has 0 amide bonds. The van der Waals surface area contributed by atoms with Crippen molar-refractivity contribution in [2.24, 2.45) is 5.92 Å². The summed E-state index contributed by atoms with van der Waals surface area (Å²) < 4.78 is 4.36. The SMILES string of the molecule is COC(=O)C=C(C=O)C(C)C. The van der Waals surface area contributed by atoms with Crippen LogP contribution in [0.5, 0.6) is 0 Å². The average molecular weight is 156 g/mol. The van der Waals surface area contributed by atoms with E-state index in [0.29, 0.717) is 11.9 Å². The quantitative estimate of drug-likeness (QED) is 0.347. The van der Waals surface area contributed by atoms with E-state index in [9.17, 15) is 9.59 Å². The van der Waals surface area contributed by atoms with Crippen molar-refractivity contribution in [2.75, 3.05) is 7.11 Å². The van der Waals surface area contributed by atoms with E-state index < -0.39 is 5.97 Å². The Morgan fingerprint density at radius 3 is 2.27 bits per heavy atom. The van der Waals surface area contributed by atoms with Crippen LogP contribution in [0.15, 0.2) is 11.6 Å². The van der Waals surface area contributed by atoms with E-state index >= 15 is 0 Å². The van der Waals surface area contributed by atoms with Gasteiger partial charge in [-0.3, -0.25) is 4.79 Å². The zero-order valence-electron chi connectivity index (χ0n) is 6.96. The molecule has 0 aliphatic rings. The number of methoxy groups -OCH3 is 1. The predicted molar refractivity (Wildman–Crippen MR) is 41.0 cm³/mol. The van der Waals surface area contributed by atoms with Crippen LogP contribution >= 0.6 is 0 Å². The smallest absolute Gasteiger partial charge is 0.330 e. The van der Waals surface area contributed by atoms with Crippen molar-refractivity contribution < 1.29 is 14.3 Å². The van der Waals surface area contributed by atoms with E-state index in [2.05, 4.69) is 4.74 Å². The summed E-state index contributed by atoms with van der Waals surface area (Å²) in [7, 11) is 1.28. The molecule has 0 unspecified atom stereocenters. The summed E-state index contributed by atoms with van der Waals surface area (Å²) in [6.07, 6.45) is 1.87. The third-order valence-corrected chi connectivity index (χ3v) is 1.29. The minimum absolute atomic E-state index is 0.0617. The van der Waals surface area contributed by atoms with Crippen LogP contribution in [0.2, 0.25) is 0 Å². The summed E-state index contributed by atoms with van der Waals surface area (Å²) in [6.45, 7) is 3.67. The molecule has 0 fully saturated rings. The molecule has 0 aliphatic carbocycles. The number of rotatable bonds is 3. The summed E-state index contributed by atoms with van der Waals surface area (Å²) in [5.74, 6) is -0.424. The van der Waals surface area contributed by atoms with E-state index in [4.69, 9.17) is 0 Å². The zero-order chi connectivity index (χ0) is 8.85. The number of esters is 1. The fraction of sp³-hybridized carbons (Fsp3) is 0.500. The summed E-state index contributed by atoms with van der Waals surface area (Å²) in [5.41, 5.74) is 0.455. The van der Waals surface area contributed by atoms with Crippen molar-refractivity contribution in [2.45, 2.75) is 13.8 Å². The second-order valence-electron chi connectivity index (χ2n) is 2.44. The third-order valence-electron chi connectivity index (χ3n) is 1.29. The van der Waals surface area contributed by atoms with Crippen LogP contribution in [0.3, 0.4) is 0 Å². The van der Waals surface area contributed by atoms with Gasteiger partial charge in [0.15, 0.2) is 0 Å². The van der Waals surface area contributed by atoms with Gasteiger partial charge in [-0.2, -0.15) is 0 Å². The Morgan fingerprint density at radius 1 is 1.45 bits per heavy atom. The minimum Gasteiger partial charge on any atom is -0.466 e. The lowest BCUT2D eigenvalue weighted by atomic mass is 10.1. The first-order chi connectivity index (χ1) is 5.11. The number of allylic oxidation sites excluding steroid dienone is 1. The van der Waals surface area contributed by atoms with E-state index in [-0.39, 0.29) is 5.92 Å². The van der Waals surface area contributed by atoms with Crippen LogP contribution in [0.4, 0.5) is 0 Å². The van der Waals surface area contributed by atoms with Crippen molar-refractivity contribution >= 4 is 12.3 Å². The van der Waals surface area contributed by atoms with Crippen molar-refractivity contribution in [3.8, 4) is 0 Å². The maximum Gasteiger partial charge on any atom is 0.330 e. The highest BCUT2D eigenvalue weighted by Crippen LogP contribution is 2.05. The van der Waals surface area contributed by atoms with Gasteiger partial charge in [-0.1, -0.05) is 13.8 Å². The Bertz CT molecular complexity index is 180. The van der Waals surface area contributed by atoms with Crippen LogP contribution in [0, 0.1) is 5.92 Å². The highest BCUT2D eigenvalue weighted by Gasteiger charge is 2.04. The lowest BCUT2D eigenvalue weighted by Crippen LogP contribution is -2.02. The fourth-order valence-electron chi connectivity index (χ4n) is 0.532. The van der Waals surface area contributed by atoms with Gasteiger partial charge < -0.3 is 4.74 Å². The normalized spacial score (nSPS) is 11.5. The molecule has 0 aromatic rings. The van der Waals surface area contributed by atoms with E-state index in [0.717, 1.165) is 0 Å². The van der Waals surface area contributed by atoms with Gasteiger partial charge in [-0.15, -0.1) is 0 Å². The molecule has 3 nitrogen and oxygen atoms in total. The highest BCUT2D eigenvalue weighted by molar-refractivity contribution is 5.89. The van der Waals surface area contributed by atoms with Gasteiger partial charge in [-0.25, -0.2) is 4.79 Å². The molecule has 0 saturated carbocycles. The molecule has 0 heterocycles. The predicted octanol–water partition coefficient (Wildman–Crippen LogP) is 0.941. The molecule has 0 radical (unpaired) electrons. The molecule has 0 saturated heterocycles. The average Bonchev–Trinajstić information content (AvgIpc) is 1.99. The Hall–Kier alpha value is -1.12. The van der Waals surface area contributed by atoms with E-state index in [1.165, 1.54) is 13.2 Å². The minimum atomic E-state index is -0.485. The highest BCUT2D eigenvalue weighted by atomic mass is 16.5. The number of hydrogen-bond acceptors (Lipinski definition) is 3. The number of hydrogen-bond donors (Lipinski definition) is 0. The lowest BCUT2D eigenvalue weighted by molar-refractivity contribution is -0.135. The molecular formula is C8H12O3. The van der Waals surface area contributed by atoms with Gasteiger partial charge in [0.1, 0.15) is 6.29 Å². The van der Waals surface area contributed by atoms with Crippen LogP contribution in [0.25, 0.3) is 0 Å². The van der Waals surface area contributed by atoms with Crippen molar-refractivity contribution in [1.82, 2.24) is 0 Å². The van der Waals surface area contributed by atoms with Gasteiger partial charge in [0.2, 0.25) is 0 Å². The second-order valence-corrected chi connectivity index (χ2v) is 2.44. The van der Waals surface area contributed by atoms with Crippen LogP contribution in [-0.4, -0.2) is 19.4 Å². The Labute approximate surface area is 66.0 Å². The molecule has 0 atom stereocenters. The number of carbonyl (C=O) groups is 2. The fourth-order valence-corrected chi connectivity index (χ4v) is 0.532. The maximum absolute atomic E-state index is 10.6. The molecular weight excluding hydrogens is 144 g/mol. The van der Waals surface area contributed by atoms with Crippen LogP contribution < -0.4 is 0 Å². The molecule has 0 spiro atoms. The monoisotopic (exact) mass is 156 g/mol. The molecule has 0 aromatic carbocycles. The van der Waals surface area contributed by atoms with Gasteiger partial charge in [-0.05, 0) is 5.92 Å². The van der Waals surface area contributed by atoms with Crippen molar-refractivity contribution in [3.63, 3.8) is 0 Å². The summed E-state index contributed by atoms with van der Waals surface area (Å²) >= 11 is 0. The molecule has 0 aliphatic heterocycles. The largest absolute Gasteiger partial charge is 0.466 e. The lowest BCUT2D eigenvalue weighted by Gasteiger charge is -2.01. The molecule has 11 heavy (non-hydrogen) atoms. The van der Waals surface area contributed by atoms with Crippen LogP contribution in [-0.2, 0) is 14.3 Å². The molecule has 0 N–H and O–H groups in total. The summed E-state index contributed by atoms with van der Waals surface area (Å²) in [5, 5.41) is 0. The molecule has 0 rings (SSSR count). The van der Waals surface area contributed by atoms with Gasteiger partial charge >= 0.3 is 5.97 Å². The third kappa shape index (κ3) is 3.55. The van der Waals surface area contributed by atoms with E-state index in [1.807, 2.05) is 13.8 Å². The first kappa shape index (κ1) is 9.88. The Morgan fingerprint density at radius 2 is 2.00 bits per heavy atom. The van der Waals surface area contributed by atoms with Gasteiger partial charge in [0.25, 0.3) is 0 Å².